The number of aliphatic hydroxyl groups excluding tert-OH is 1. The normalized spacial score (nSPS) is 20.9. The van der Waals surface area contributed by atoms with E-state index in [1.165, 1.54) is 17.7 Å². The maximum absolute atomic E-state index is 8.91. The molecule has 3 heteroatoms. The van der Waals surface area contributed by atoms with Crippen LogP contribution >= 0.6 is 0 Å². The molecule has 1 aromatic rings. The molecule has 0 bridgehead atoms. The number of hydrogen-bond donors (Lipinski definition) is 1. The fourth-order valence-electron chi connectivity index (χ4n) is 2.29. The van der Waals surface area contributed by atoms with E-state index in [9.17, 15) is 0 Å². The van der Waals surface area contributed by atoms with Crippen LogP contribution in [0.2, 0.25) is 0 Å². The van der Waals surface area contributed by atoms with E-state index < -0.39 is 0 Å². The summed E-state index contributed by atoms with van der Waals surface area (Å²) in [6.07, 6.45) is 5.89. The van der Waals surface area contributed by atoms with Gasteiger partial charge in [0.15, 0.2) is 0 Å². The molecule has 0 radical (unpaired) electrons. The first kappa shape index (κ1) is 10.4. The number of aromatic nitrogens is 1. The number of pyridine rings is 1. The summed E-state index contributed by atoms with van der Waals surface area (Å²) in [5, 5.41) is 8.91. The van der Waals surface area contributed by atoms with Crippen molar-refractivity contribution >= 4 is 5.69 Å². The van der Waals surface area contributed by atoms with Gasteiger partial charge in [0.2, 0.25) is 0 Å². The Hall–Kier alpha value is -1.09. The van der Waals surface area contributed by atoms with Crippen molar-refractivity contribution in [1.29, 1.82) is 0 Å². The molecule has 1 N–H and O–H groups in total. The zero-order chi connectivity index (χ0) is 10.7. The van der Waals surface area contributed by atoms with Crippen molar-refractivity contribution in [3.05, 3.63) is 24.0 Å². The number of aliphatic hydroxyl groups is 1. The lowest BCUT2D eigenvalue weighted by Crippen LogP contribution is -2.20. The van der Waals surface area contributed by atoms with Crippen molar-refractivity contribution in [2.24, 2.45) is 5.92 Å². The summed E-state index contributed by atoms with van der Waals surface area (Å²) in [6.45, 7) is 4.59. The maximum atomic E-state index is 8.91. The average Bonchev–Trinajstić information content (AvgIpc) is 2.68. The summed E-state index contributed by atoms with van der Waals surface area (Å²) in [7, 11) is 0. The lowest BCUT2D eigenvalue weighted by molar-refractivity contribution is 0.263. The van der Waals surface area contributed by atoms with Gasteiger partial charge in [-0.1, -0.05) is 0 Å². The lowest BCUT2D eigenvalue weighted by Gasteiger charge is -2.20. The van der Waals surface area contributed by atoms with E-state index in [0.717, 1.165) is 19.5 Å². The molecule has 1 saturated heterocycles. The fourth-order valence-corrected chi connectivity index (χ4v) is 2.29. The van der Waals surface area contributed by atoms with Gasteiger partial charge in [0.1, 0.15) is 0 Å². The van der Waals surface area contributed by atoms with Gasteiger partial charge in [0, 0.05) is 37.8 Å². The molecule has 0 spiro atoms. The molecule has 0 aromatic carbocycles. The first-order chi connectivity index (χ1) is 7.31. The highest BCUT2D eigenvalue weighted by atomic mass is 16.3. The van der Waals surface area contributed by atoms with E-state index in [-0.39, 0.29) is 0 Å². The first-order valence-corrected chi connectivity index (χ1v) is 5.57. The molecular weight excluding hydrogens is 188 g/mol. The molecule has 1 atom stereocenters. The standard InChI is InChI=1S/C12H18N2O/c1-10-8-13-5-2-12(10)14-6-3-11(9-14)4-7-15/h2,5,8,11,15H,3-4,6-7,9H2,1H3. The molecule has 1 unspecified atom stereocenters. The molecule has 1 aromatic heterocycles. The third-order valence-electron chi connectivity index (χ3n) is 3.15. The summed E-state index contributed by atoms with van der Waals surface area (Å²) in [4.78, 5) is 6.51. The van der Waals surface area contributed by atoms with Crippen LogP contribution in [0.4, 0.5) is 5.69 Å². The summed E-state index contributed by atoms with van der Waals surface area (Å²) in [5.41, 5.74) is 2.53. The molecule has 0 saturated carbocycles. The Kier molecular flexibility index (Phi) is 3.21. The first-order valence-electron chi connectivity index (χ1n) is 5.57. The van der Waals surface area contributed by atoms with Gasteiger partial charge in [0.05, 0.1) is 0 Å². The Morgan fingerprint density at radius 3 is 3.20 bits per heavy atom. The van der Waals surface area contributed by atoms with Crippen molar-refractivity contribution in [1.82, 2.24) is 4.98 Å². The largest absolute Gasteiger partial charge is 0.396 e. The molecule has 1 aliphatic rings. The molecule has 82 valence electrons. The monoisotopic (exact) mass is 206 g/mol. The molecular formula is C12H18N2O. The van der Waals surface area contributed by atoms with E-state index in [4.69, 9.17) is 5.11 Å². The molecule has 2 rings (SSSR count). The number of hydrogen-bond acceptors (Lipinski definition) is 3. The van der Waals surface area contributed by atoms with E-state index >= 15 is 0 Å². The molecule has 0 amide bonds. The van der Waals surface area contributed by atoms with Crippen LogP contribution in [-0.2, 0) is 0 Å². The van der Waals surface area contributed by atoms with Gasteiger partial charge in [-0.15, -0.1) is 0 Å². The second-order valence-corrected chi connectivity index (χ2v) is 4.28. The SMILES string of the molecule is Cc1cnccc1N1CCC(CCO)C1. The molecule has 1 fully saturated rings. The summed E-state index contributed by atoms with van der Waals surface area (Å²) < 4.78 is 0. The van der Waals surface area contributed by atoms with Gasteiger partial charge in [-0.05, 0) is 37.3 Å². The van der Waals surface area contributed by atoms with Gasteiger partial charge < -0.3 is 10.0 Å². The Balaban J connectivity index is 2.04. The minimum atomic E-state index is 0.313. The van der Waals surface area contributed by atoms with Crippen molar-refractivity contribution in [3.8, 4) is 0 Å². The minimum absolute atomic E-state index is 0.313. The van der Waals surface area contributed by atoms with Gasteiger partial charge >= 0.3 is 0 Å². The minimum Gasteiger partial charge on any atom is -0.396 e. The Labute approximate surface area is 90.8 Å². The topological polar surface area (TPSA) is 36.4 Å². The lowest BCUT2D eigenvalue weighted by atomic mass is 10.1. The van der Waals surface area contributed by atoms with Crippen molar-refractivity contribution in [2.45, 2.75) is 19.8 Å². The van der Waals surface area contributed by atoms with Gasteiger partial charge in [0.25, 0.3) is 0 Å². The highest BCUT2D eigenvalue weighted by Gasteiger charge is 2.22. The van der Waals surface area contributed by atoms with Crippen LogP contribution in [0.25, 0.3) is 0 Å². The summed E-state index contributed by atoms with van der Waals surface area (Å²) >= 11 is 0. The van der Waals surface area contributed by atoms with Crippen LogP contribution in [0, 0.1) is 12.8 Å². The van der Waals surface area contributed by atoms with Crippen molar-refractivity contribution < 1.29 is 5.11 Å². The van der Waals surface area contributed by atoms with Crippen LogP contribution in [-0.4, -0.2) is 29.8 Å². The molecule has 0 aliphatic carbocycles. The van der Waals surface area contributed by atoms with Crippen LogP contribution in [0.15, 0.2) is 18.5 Å². The highest BCUT2D eigenvalue weighted by molar-refractivity contribution is 5.52. The smallest absolute Gasteiger partial charge is 0.0434 e. The molecule has 15 heavy (non-hydrogen) atoms. The van der Waals surface area contributed by atoms with E-state index in [1.54, 1.807) is 0 Å². The number of aryl methyl sites for hydroxylation is 1. The molecule has 3 nitrogen and oxygen atoms in total. The van der Waals surface area contributed by atoms with E-state index in [2.05, 4.69) is 22.9 Å². The zero-order valence-electron chi connectivity index (χ0n) is 9.19. The second kappa shape index (κ2) is 4.62. The van der Waals surface area contributed by atoms with Crippen molar-refractivity contribution in [3.63, 3.8) is 0 Å². The molecule has 2 heterocycles. The zero-order valence-corrected chi connectivity index (χ0v) is 9.19. The van der Waals surface area contributed by atoms with Gasteiger partial charge in [-0.3, -0.25) is 4.98 Å². The van der Waals surface area contributed by atoms with Crippen LogP contribution in [0.3, 0.4) is 0 Å². The average molecular weight is 206 g/mol. The fraction of sp³-hybridized carbons (Fsp3) is 0.583. The van der Waals surface area contributed by atoms with E-state index in [0.29, 0.717) is 12.5 Å². The number of anilines is 1. The number of nitrogens with zero attached hydrogens (tertiary/aromatic N) is 2. The summed E-state index contributed by atoms with van der Waals surface area (Å²) in [5.74, 6) is 0.655. The highest BCUT2D eigenvalue weighted by Crippen LogP contribution is 2.27. The summed E-state index contributed by atoms with van der Waals surface area (Å²) in [6, 6.07) is 2.08. The van der Waals surface area contributed by atoms with Gasteiger partial charge in [-0.25, -0.2) is 0 Å². The third-order valence-corrected chi connectivity index (χ3v) is 3.15. The van der Waals surface area contributed by atoms with Gasteiger partial charge in [-0.2, -0.15) is 0 Å². The van der Waals surface area contributed by atoms with Crippen LogP contribution in [0.5, 0.6) is 0 Å². The predicted octanol–water partition coefficient (Wildman–Crippen LogP) is 1.60. The second-order valence-electron chi connectivity index (χ2n) is 4.28. The van der Waals surface area contributed by atoms with Crippen LogP contribution in [0.1, 0.15) is 18.4 Å². The quantitative estimate of drug-likeness (QED) is 0.816. The van der Waals surface area contributed by atoms with Crippen LogP contribution < -0.4 is 4.90 Å². The predicted molar refractivity (Wildman–Crippen MR) is 61.0 cm³/mol. The Bertz CT molecular complexity index is 327. The maximum Gasteiger partial charge on any atom is 0.0434 e. The van der Waals surface area contributed by atoms with E-state index in [1.807, 2.05) is 12.4 Å². The molecule has 1 aliphatic heterocycles. The van der Waals surface area contributed by atoms with Crippen molar-refractivity contribution in [2.75, 3.05) is 24.6 Å². The number of rotatable bonds is 3. The third kappa shape index (κ3) is 2.29. The Morgan fingerprint density at radius 1 is 1.60 bits per heavy atom. The Morgan fingerprint density at radius 2 is 2.47 bits per heavy atom.